The van der Waals surface area contributed by atoms with Crippen molar-refractivity contribution in [3.05, 3.63) is 30.3 Å². The molecule has 74 valence electrons. The van der Waals surface area contributed by atoms with E-state index in [0.29, 0.717) is 0 Å². The predicted octanol–water partition coefficient (Wildman–Crippen LogP) is 2.98. The molecule has 1 aromatic rings. The third kappa shape index (κ3) is 2.29. The van der Waals surface area contributed by atoms with Crippen molar-refractivity contribution in [2.24, 2.45) is 4.99 Å². The summed E-state index contributed by atoms with van der Waals surface area (Å²) in [5, 5.41) is 4.34. The molecule has 2 nitrogen and oxygen atoms in total. The zero-order valence-corrected chi connectivity index (χ0v) is 9.27. The van der Waals surface area contributed by atoms with Gasteiger partial charge in [-0.3, -0.25) is 4.99 Å². The van der Waals surface area contributed by atoms with Gasteiger partial charge in [0.15, 0.2) is 5.17 Å². The van der Waals surface area contributed by atoms with Gasteiger partial charge >= 0.3 is 0 Å². The first-order valence-electron chi connectivity index (χ1n) is 4.70. The highest BCUT2D eigenvalue weighted by molar-refractivity contribution is 8.14. The summed E-state index contributed by atoms with van der Waals surface area (Å²) in [6.07, 6.45) is 0. The van der Waals surface area contributed by atoms with Crippen LogP contribution in [0.5, 0.6) is 0 Å². The lowest BCUT2D eigenvalue weighted by Gasteiger charge is -2.09. The first kappa shape index (κ1) is 9.59. The average Bonchev–Trinajstić information content (AvgIpc) is 2.47. The highest BCUT2D eigenvalue weighted by Gasteiger charge is 2.25. The van der Waals surface area contributed by atoms with Gasteiger partial charge in [0.1, 0.15) is 0 Å². The van der Waals surface area contributed by atoms with Crippen molar-refractivity contribution >= 4 is 22.6 Å². The lowest BCUT2D eigenvalue weighted by atomic mass is 10.1. The molecule has 1 heterocycles. The Bertz CT molecular complexity index is 344. The molecule has 0 atom stereocenters. The number of hydrogen-bond acceptors (Lipinski definition) is 3. The Morgan fingerprint density at radius 1 is 1.29 bits per heavy atom. The second-order valence-corrected chi connectivity index (χ2v) is 4.97. The molecule has 0 saturated carbocycles. The van der Waals surface area contributed by atoms with Gasteiger partial charge in [0, 0.05) is 11.4 Å². The molecular formula is C11H14N2S. The Hall–Kier alpha value is -0.960. The smallest absolute Gasteiger partial charge is 0.161 e. The van der Waals surface area contributed by atoms with Crippen molar-refractivity contribution in [2.75, 3.05) is 11.1 Å². The molecule has 1 N–H and O–H groups in total. The van der Waals surface area contributed by atoms with Gasteiger partial charge in [0.2, 0.25) is 0 Å². The summed E-state index contributed by atoms with van der Waals surface area (Å²) in [6, 6.07) is 10.2. The Morgan fingerprint density at radius 2 is 2.00 bits per heavy atom. The molecule has 14 heavy (non-hydrogen) atoms. The molecule has 1 aromatic carbocycles. The van der Waals surface area contributed by atoms with Crippen LogP contribution in [0.3, 0.4) is 0 Å². The van der Waals surface area contributed by atoms with Crippen LogP contribution >= 0.6 is 11.8 Å². The Labute approximate surface area is 88.8 Å². The lowest BCUT2D eigenvalue weighted by molar-refractivity contribution is 0.605. The largest absolute Gasteiger partial charge is 0.335 e. The van der Waals surface area contributed by atoms with E-state index in [2.05, 4.69) is 36.3 Å². The van der Waals surface area contributed by atoms with Crippen molar-refractivity contribution in [3.63, 3.8) is 0 Å². The fourth-order valence-corrected chi connectivity index (χ4v) is 2.35. The van der Waals surface area contributed by atoms with Gasteiger partial charge in [0.05, 0.1) is 5.54 Å². The summed E-state index contributed by atoms with van der Waals surface area (Å²) in [5.41, 5.74) is 1.19. The van der Waals surface area contributed by atoms with Gasteiger partial charge in [-0.05, 0) is 26.0 Å². The van der Waals surface area contributed by atoms with Crippen molar-refractivity contribution < 1.29 is 0 Å². The number of thioether (sulfide) groups is 1. The molecular weight excluding hydrogens is 192 g/mol. The van der Waals surface area contributed by atoms with E-state index in [-0.39, 0.29) is 5.54 Å². The van der Waals surface area contributed by atoms with Gasteiger partial charge in [-0.25, -0.2) is 0 Å². The minimum Gasteiger partial charge on any atom is -0.335 e. The van der Waals surface area contributed by atoms with Crippen molar-refractivity contribution in [1.82, 2.24) is 0 Å². The second-order valence-electron chi connectivity index (χ2n) is 4.01. The highest BCUT2D eigenvalue weighted by Crippen LogP contribution is 2.27. The number of rotatable bonds is 1. The zero-order valence-electron chi connectivity index (χ0n) is 8.45. The number of aliphatic imine (C=N–C) groups is 1. The van der Waals surface area contributed by atoms with E-state index < -0.39 is 0 Å². The van der Waals surface area contributed by atoms with E-state index in [4.69, 9.17) is 0 Å². The molecule has 0 fully saturated rings. The number of benzene rings is 1. The maximum absolute atomic E-state index is 4.58. The molecule has 0 aromatic heterocycles. The van der Waals surface area contributed by atoms with Crippen molar-refractivity contribution in [3.8, 4) is 0 Å². The summed E-state index contributed by atoms with van der Waals surface area (Å²) >= 11 is 1.78. The summed E-state index contributed by atoms with van der Waals surface area (Å²) in [5.74, 6) is 1.06. The van der Waals surface area contributed by atoms with Gasteiger partial charge in [-0.15, -0.1) is 0 Å². The van der Waals surface area contributed by atoms with Crippen LogP contribution in [-0.4, -0.2) is 16.5 Å². The fourth-order valence-electron chi connectivity index (χ4n) is 1.29. The van der Waals surface area contributed by atoms with Gasteiger partial charge < -0.3 is 5.32 Å². The third-order valence-electron chi connectivity index (χ3n) is 1.99. The molecule has 0 aliphatic carbocycles. The van der Waals surface area contributed by atoms with Gasteiger partial charge in [-0.2, -0.15) is 0 Å². The van der Waals surface area contributed by atoms with Crippen LogP contribution in [0.15, 0.2) is 35.3 Å². The molecule has 2 rings (SSSR count). The minimum atomic E-state index is 0.0851. The molecule has 0 unspecified atom stereocenters. The SMILES string of the molecule is CC1(C)CSC(Nc2ccccc2)=N1. The quantitative estimate of drug-likeness (QED) is 0.764. The van der Waals surface area contributed by atoms with Crippen LogP contribution < -0.4 is 5.32 Å². The van der Waals surface area contributed by atoms with E-state index in [9.17, 15) is 0 Å². The van der Waals surface area contributed by atoms with Crippen LogP contribution in [-0.2, 0) is 0 Å². The van der Waals surface area contributed by atoms with Crippen LogP contribution in [0.1, 0.15) is 13.8 Å². The second kappa shape index (κ2) is 3.65. The van der Waals surface area contributed by atoms with Crippen molar-refractivity contribution in [2.45, 2.75) is 19.4 Å². The summed E-state index contributed by atoms with van der Waals surface area (Å²) in [7, 11) is 0. The van der Waals surface area contributed by atoms with Gasteiger partial charge in [-0.1, -0.05) is 30.0 Å². The van der Waals surface area contributed by atoms with Gasteiger partial charge in [0.25, 0.3) is 0 Å². The number of nitrogens with zero attached hydrogens (tertiary/aromatic N) is 1. The molecule has 0 bridgehead atoms. The number of nitrogens with one attached hydrogen (secondary N) is 1. The fraction of sp³-hybridized carbons (Fsp3) is 0.364. The average molecular weight is 206 g/mol. The number of hydrogen-bond donors (Lipinski definition) is 1. The van der Waals surface area contributed by atoms with E-state index in [1.165, 1.54) is 0 Å². The minimum absolute atomic E-state index is 0.0851. The normalized spacial score (nSPS) is 19.1. The predicted molar refractivity (Wildman–Crippen MR) is 64.0 cm³/mol. The Balaban J connectivity index is 2.07. The topological polar surface area (TPSA) is 24.4 Å². The molecule has 0 spiro atoms. The molecule has 3 heteroatoms. The first-order chi connectivity index (χ1) is 6.66. The number of anilines is 1. The molecule has 1 aliphatic heterocycles. The zero-order chi connectivity index (χ0) is 10.0. The number of para-hydroxylation sites is 1. The standard InChI is InChI=1S/C11H14N2S/c1-11(2)8-14-10(13-11)12-9-6-4-3-5-7-9/h3-7H,8H2,1-2H3,(H,12,13). The van der Waals surface area contributed by atoms with Crippen LogP contribution in [0.25, 0.3) is 0 Å². The maximum atomic E-state index is 4.58. The van der Waals surface area contributed by atoms with E-state index in [0.717, 1.165) is 16.6 Å². The monoisotopic (exact) mass is 206 g/mol. The highest BCUT2D eigenvalue weighted by atomic mass is 32.2. The Kier molecular flexibility index (Phi) is 2.50. The summed E-state index contributed by atoms with van der Waals surface area (Å²) in [6.45, 7) is 4.30. The maximum Gasteiger partial charge on any atom is 0.161 e. The van der Waals surface area contributed by atoms with Crippen LogP contribution in [0.2, 0.25) is 0 Å². The lowest BCUT2D eigenvalue weighted by Crippen LogP contribution is -2.15. The van der Waals surface area contributed by atoms with Crippen LogP contribution in [0.4, 0.5) is 5.69 Å². The van der Waals surface area contributed by atoms with Crippen LogP contribution in [0, 0.1) is 0 Å². The van der Waals surface area contributed by atoms with E-state index in [1.54, 1.807) is 11.8 Å². The summed E-state index contributed by atoms with van der Waals surface area (Å²) < 4.78 is 0. The molecule has 0 saturated heterocycles. The van der Waals surface area contributed by atoms with E-state index in [1.807, 2.05) is 18.2 Å². The molecule has 1 aliphatic rings. The summed E-state index contributed by atoms with van der Waals surface area (Å²) in [4.78, 5) is 4.58. The molecule has 0 radical (unpaired) electrons. The number of amidine groups is 1. The Morgan fingerprint density at radius 3 is 2.57 bits per heavy atom. The van der Waals surface area contributed by atoms with E-state index >= 15 is 0 Å². The molecule has 0 amide bonds. The third-order valence-corrected chi connectivity index (χ3v) is 3.31. The first-order valence-corrected chi connectivity index (χ1v) is 5.69. The van der Waals surface area contributed by atoms with Crippen molar-refractivity contribution in [1.29, 1.82) is 0 Å².